The van der Waals surface area contributed by atoms with E-state index >= 15 is 0 Å². The third kappa shape index (κ3) is 2.02. The summed E-state index contributed by atoms with van der Waals surface area (Å²) in [6, 6.07) is 3.10. The van der Waals surface area contributed by atoms with E-state index in [2.05, 4.69) is 0 Å². The van der Waals surface area contributed by atoms with Crippen molar-refractivity contribution in [2.45, 2.75) is 26.9 Å². The van der Waals surface area contributed by atoms with Crippen LogP contribution in [0.3, 0.4) is 0 Å². The van der Waals surface area contributed by atoms with E-state index < -0.39 is 20.0 Å². The second kappa shape index (κ2) is 4.30. The van der Waals surface area contributed by atoms with Crippen molar-refractivity contribution in [3.05, 3.63) is 34.4 Å². The Bertz CT molecular complexity index is 269. The van der Waals surface area contributed by atoms with Crippen molar-refractivity contribution in [2.75, 3.05) is 0 Å². The first-order valence-electron chi connectivity index (χ1n) is 4.02. The lowest BCUT2D eigenvalue weighted by Crippen LogP contribution is -1.97. The molecular weight excluding hydrogens is 177 g/mol. The van der Waals surface area contributed by atoms with Gasteiger partial charge in [-0.2, -0.15) is 0 Å². The zero-order valence-electron chi connectivity index (χ0n) is 7.41. The summed E-state index contributed by atoms with van der Waals surface area (Å²) >= 11 is 0. The highest BCUT2D eigenvalue weighted by Crippen LogP contribution is 2.20. The molecule has 13 heavy (non-hydrogen) atoms. The Morgan fingerprint density at radius 2 is 1.38 bits per heavy atom. The van der Waals surface area contributed by atoms with Gasteiger partial charge in [-0.05, 0) is 23.6 Å². The molecule has 0 N–H and O–H groups in total. The standard InChI is InChI=1S/C10H11F3/c1-7-2-8(4-11)10(6-13)9(3-7)5-12/h2-3H,4-6H2,1H3. The smallest absolute Gasteiger partial charge is 0.115 e. The second-order valence-electron chi connectivity index (χ2n) is 2.96. The Balaban J connectivity index is 3.25. The fraction of sp³-hybridized carbons (Fsp3) is 0.400. The molecule has 0 bridgehead atoms. The highest BCUT2D eigenvalue weighted by Gasteiger charge is 2.09. The molecular formula is C10H11F3. The summed E-state index contributed by atoms with van der Waals surface area (Å²) in [6.45, 7) is -0.555. The lowest BCUT2D eigenvalue weighted by molar-refractivity contribution is 0.436. The van der Waals surface area contributed by atoms with Gasteiger partial charge in [-0.15, -0.1) is 0 Å². The Labute approximate surface area is 75.4 Å². The monoisotopic (exact) mass is 188 g/mol. The first-order valence-corrected chi connectivity index (χ1v) is 4.02. The van der Waals surface area contributed by atoms with Crippen molar-refractivity contribution in [1.82, 2.24) is 0 Å². The summed E-state index contributed by atoms with van der Waals surface area (Å²) in [6.07, 6.45) is 0. The maximum atomic E-state index is 12.4. The van der Waals surface area contributed by atoms with Crippen molar-refractivity contribution in [2.24, 2.45) is 0 Å². The quantitative estimate of drug-likeness (QED) is 0.681. The molecule has 0 aliphatic rings. The molecule has 0 heterocycles. The second-order valence-corrected chi connectivity index (χ2v) is 2.96. The molecule has 0 fully saturated rings. The van der Waals surface area contributed by atoms with E-state index in [9.17, 15) is 13.2 Å². The third-order valence-electron chi connectivity index (χ3n) is 2.00. The molecule has 72 valence electrons. The first-order chi connectivity index (χ1) is 6.22. The van der Waals surface area contributed by atoms with Crippen LogP contribution in [0.2, 0.25) is 0 Å². The number of hydrogen-bond acceptors (Lipinski definition) is 0. The Hall–Kier alpha value is -0.990. The SMILES string of the molecule is Cc1cc(CF)c(CF)c(CF)c1. The fourth-order valence-electron chi connectivity index (χ4n) is 1.38. The molecule has 0 radical (unpaired) electrons. The van der Waals surface area contributed by atoms with Crippen molar-refractivity contribution in [3.8, 4) is 0 Å². The van der Waals surface area contributed by atoms with E-state index in [1.165, 1.54) is 0 Å². The van der Waals surface area contributed by atoms with Gasteiger partial charge in [0.15, 0.2) is 0 Å². The van der Waals surface area contributed by atoms with Crippen LogP contribution in [0.25, 0.3) is 0 Å². The Morgan fingerprint density at radius 1 is 0.923 bits per heavy atom. The minimum atomic E-state index is -0.807. The van der Waals surface area contributed by atoms with Crippen molar-refractivity contribution < 1.29 is 13.2 Å². The number of aryl methyl sites for hydroxylation is 1. The van der Waals surface area contributed by atoms with Gasteiger partial charge in [0.1, 0.15) is 20.0 Å². The Kier molecular flexibility index (Phi) is 3.34. The van der Waals surface area contributed by atoms with Crippen LogP contribution in [0.1, 0.15) is 22.3 Å². The maximum Gasteiger partial charge on any atom is 0.115 e. The van der Waals surface area contributed by atoms with E-state index in [0.29, 0.717) is 0 Å². The summed E-state index contributed by atoms with van der Waals surface area (Å²) in [5.74, 6) is 0. The summed E-state index contributed by atoms with van der Waals surface area (Å²) in [5, 5.41) is 0. The normalized spacial score (nSPS) is 10.5. The van der Waals surface area contributed by atoms with Gasteiger partial charge in [-0.25, -0.2) is 13.2 Å². The predicted octanol–water partition coefficient (Wildman–Crippen LogP) is 3.40. The van der Waals surface area contributed by atoms with E-state index in [0.717, 1.165) is 5.56 Å². The summed E-state index contributed by atoms with van der Waals surface area (Å²) in [4.78, 5) is 0. The van der Waals surface area contributed by atoms with Gasteiger partial charge >= 0.3 is 0 Å². The topological polar surface area (TPSA) is 0 Å². The molecule has 1 aromatic carbocycles. The minimum Gasteiger partial charge on any atom is -0.246 e. The van der Waals surface area contributed by atoms with Gasteiger partial charge in [-0.1, -0.05) is 17.7 Å². The molecule has 0 amide bonds. The molecule has 0 unspecified atom stereocenters. The number of halogens is 3. The highest BCUT2D eigenvalue weighted by atomic mass is 19.1. The number of alkyl halides is 3. The molecule has 0 atom stereocenters. The van der Waals surface area contributed by atoms with Crippen molar-refractivity contribution in [3.63, 3.8) is 0 Å². The van der Waals surface area contributed by atoms with Gasteiger partial charge in [0, 0.05) is 0 Å². The Morgan fingerprint density at radius 3 is 1.69 bits per heavy atom. The summed E-state index contributed by atoms with van der Waals surface area (Å²) < 4.78 is 37.2. The first kappa shape index (κ1) is 10.1. The molecule has 0 spiro atoms. The van der Waals surface area contributed by atoms with Crippen LogP contribution in [0.5, 0.6) is 0 Å². The van der Waals surface area contributed by atoms with E-state index in [4.69, 9.17) is 0 Å². The molecule has 0 saturated heterocycles. The van der Waals surface area contributed by atoms with Crippen LogP contribution in [-0.2, 0) is 20.0 Å². The molecule has 1 rings (SSSR count). The average Bonchev–Trinajstić information content (AvgIpc) is 2.16. The molecule has 0 aromatic heterocycles. The largest absolute Gasteiger partial charge is 0.246 e. The van der Waals surface area contributed by atoms with Crippen LogP contribution < -0.4 is 0 Å². The maximum absolute atomic E-state index is 12.4. The summed E-state index contributed by atoms with van der Waals surface area (Å²) in [5.41, 5.74) is 1.44. The van der Waals surface area contributed by atoms with Gasteiger partial charge in [-0.3, -0.25) is 0 Å². The van der Waals surface area contributed by atoms with Gasteiger partial charge < -0.3 is 0 Å². The van der Waals surface area contributed by atoms with Crippen LogP contribution in [-0.4, -0.2) is 0 Å². The summed E-state index contributed by atoms with van der Waals surface area (Å²) in [7, 11) is 0. The molecule has 0 aliphatic heterocycles. The lowest BCUT2D eigenvalue weighted by Gasteiger charge is -2.08. The molecule has 0 aliphatic carbocycles. The minimum absolute atomic E-state index is 0.163. The molecule has 3 heteroatoms. The van der Waals surface area contributed by atoms with Crippen LogP contribution in [0.4, 0.5) is 13.2 Å². The molecule has 0 nitrogen and oxygen atoms in total. The molecule has 0 saturated carbocycles. The predicted molar refractivity (Wildman–Crippen MR) is 45.6 cm³/mol. The third-order valence-corrected chi connectivity index (χ3v) is 2.00. The van der Waals surface area contributed by atoms with Gasteiger partial charge in [0.2, 0.25) is 0 Å². The number of hydrogen-bond donors (Lipinski definition) is 0. The highest BCUT2D eigenvalue weighted by molar-refractivity contribution is 5.38. The van der Waals surface area contributed by atoms with Gasteiger partial charge in [0.25, 0.3) is 0 Å². The zero-order chi connectivity index (χ0) is 9.84. The van der Waals surface area contributed by atoms with Gasteiger partial charge in [0.05, 0.1) is 0 Å². The number of benzene rings is 1. The lowest BCUT2D eigenvalue weighted by atomic mass is 10.0. The van der Waals surface area contributed by atoms with Crippen molar-refractivity contribution >= 4 is 0 Å². The average molecular weight is 188 g/mol. The van der Waals surface area contributed by atoms with Crippen LogP contribution in [0, 0.1) is 6.92 Å². The molecule has 1 aromatic rings. The van der Waals surface area contributed by atoms with Crippen LogP contribution in [0.15, 0.2) is 12.1 Å². The van der Waals surface area contributed by atoms with E-state index in [-0.39, 0.29) is 16.7 Å². The number of rotatable bonds is 3. The zero-order valence-corrected chi connectivity index (χ0v) is 7.41. The van der Waals surface area contributed by atoms with Crippen molar-refractivity contribution in [1.29, 1.82) is 0 Å². The van der Waals surface area contributed by atoms with E-state index in [1.807, 2.05) is 0 Å². The van der Waals surface area contributed by atoms with Crippen LogP contribution >= 0.6 is 0 Å². The van der Waals surface area contributed by atoms with E-state index in [1.54, 1.807) is 19.1 Å². The fourth-order valence-corrected chi connectivity index (χ4v) is 1.38.